The monoisotopic (exact) mass is 473 g/mol. The van der Waals surface area contributed by atoms with Gasteiger partial charge in [0, 0.05) is 25.7 Å². The van der Waals surface area contributed by atoms with Gasteiger partial charge in [-0.05, 0) is 57.1 Å². The number of hydrogen-bond donors (Lipinski definition) is 2. The molecule has 1 saturated heterocycles. The molecule has 0 unspecified atom stereocenters. The maximum atomic E-state index is 13.8. The van der Waals surface area contributed by atoms with Gasteiger partial charge in [0.1, 0.15) is 5.82 Å². The Kier molecular flexibility index (Phi) is 11.2. The molecule has 2 rings (SSSR count). The lowest BCUT2D eigenvalue weighted by Crippen LogP contribution is -2.38. The van der Waals surface area contributed by atoms with Gasteiger partial charge < -0.3 is 15.5 Å². The van der Waals surface area contributed by atoms with Gasteiger partial charge in [0.25, 0.3) is 0 Å². The van der Waals surface area contributed by atoms with Gasteiger partial charge in [-0.2, -0.15) is 5.26 Å². The van der Waals surface area contributed by atoms with Crippen molar-refractivity contribution in [3.05, 3.63) is 35.1 Å². The number of nitrogens with one attached hydrogen (secondary N) is 2. The van der Waals surface area contributed by atoms with Crippen molar-refractivity contribution in [2.24, 2.45) is 4.99 Å². The average Bonchev–Trinajstić information content (AvgIpc) is 2.91. The first-order valence-electron chi connectivity index (χ1n) is 9.08. The summed E-state index contributed by atoms with van der Waals surface area (Å²) in [5, 5.41) is 15.3. The Labute approximate surface area is 173 Å². The summed E-state index contributed by atoms with van der Waals surface area (Å²) in [6.07, 6.45) is 6.39. The fourth-order valence-corrected chi connectivity index (χ4v) is 3.05. The van der Waals surface area contributed by atoms with E-state index < -0.39 is 0 Å². The summed E-state index contributed by atoms with van der Waals surface area (Å²) in [6.45, 7) is 4.65. The third-order valence-electron chi connectivity index (χ3n) is 4.49. The lowest BCUT2D eigenvalue weighted by atomic mass is 10.1. The molecule has 26 heavy (non-hydrogen) atoms. The van der Waals surface area contributed by atoms with Crippen molar-refractivity contribution in [2.75, 3.05) is 33.2 Å². The van der Waals surface area contributed by atoms with Crippen molar-refractivity contribution in [1.82, 2.24) is 15.5 Å². The van der Waals surface area contributed by atoms with Crippen LogP contribution < -0.4 is 10.6 Å². The topological polar surface area (TPSA) is 63.5 Å². The van der Waals surface area contributed by atoms with E-state index in [1.807, 2.05) is 6.07 Å². The smallest absolute Gasteiger partial charge is 0.191 e. The molecule has 0 radical (unpaired) electrons. The van der Waals surface area contributed by atoms with Crippen LogP contribution >= 0.6 is 24.0 Å². The molecule has 144 valence electrons. The van der Waals surface area contributed by atoms with Crippen molar-refractivity contribution < 1.29 is 4.39 Å². The first kappa shape index (κ1) is 22.6. The summed E-state index contributed by atoms with van der Waals surface area (Å²) in [5.41, 5.74) is 0.921. The number of halogens is 2. The van der Waals surface area contributed by atoms with Crippen LogP contribution in [0.5, 0.6) is 0 Å². The van der Waals surface area contributed by atoms with Gasteiger partial charge in [0.05, 0.1) is 11.6 Å². The van der Waals surface area contributed by atoms with Crippen LogP contribution in [0.25, 0.3) is 0 Å². The van der Waals surface area contributed by atoms with E-state index in [0.717, 1.165) is 19.5 Å². The number of aliphatic imine (C=N–C) groups is 1. The van der Waals surface area contributed by atoms with Crippen LogP contribution in [0.2, 0.25) is 0 Å². The van der Waals surface area contributed by atoms with E-state index in [-0.39, 0.29) is 29.8 Å². The van der Waals surface area contributed by atoms with Crippen LogP contribution in [0.4, 0.5) is 4.39 Å². The SMILES string of the molecule is CN=C(NCCCN1CCCCCC1)NCc1cc(C#N)ccc1F.I. The highest BCUT2D eigenvalue weighted by atomic mass is 127. The fraction of sp³-hybridized carbons (Fsp3) is 0.579. The van der Waals surface area contributed by atoms with E-state index in [1.54, 1.807) is 13.1 Å². The van der Waals surface area contributed by atoms with E-state index in [4.69, 9.17) is 5.26 Å². The predicted octanol–water partition coefficient (Wildman–Crippen LogP) is 3.25. The van der Waals surface area contributed by atoms with Gasteiger partial charge in [-0.3, -0.25) is 4.99 Å². The number of nitrogens with zero attached hydrogens (tertiary/aromatic N) is 3. The molecule has 1 heterocycles. The summed E-state index contributed by atoms with van der Waals surface area (Å²) >= 11 is 0. The Balaban J connectivity index is 0.00000338. The number of hydrogen-bond acceptors (Lipinski definition) is 3. The zero-order valence-electron chi connectivity index (χ0n) is 15.4. The molecule has 2 N–H and O–H groups in total. The number of rotatable bonds is 6. The summed E-state index contributed by atoms with van der Waals surface area (Å²) < 4.78 is 13.8. The first-order chi connectivity index (χ1) is 12.2. The van der Waals surface area contributed by atoms with Gasteiger partial charge >= 0.3 is 0 Å². The molecule has 0 spiro atoms. The zero-order chi connectivity index (χ0) is 17.9. The maximum Gasteiger partial charge on any atom is 0.191 e. The van der Waals surface area contributed by atoms with Gasteiger partial charge in [-0.1, -0.05) is 12.8 Å². The Morgan fingerprint density at radius 2 is 1.96 bits per heavy atom. The minimum absolute atomic E-state index is 0. The lowest BCUT2D eigenvalue weighted by Gasteiger charge is -2.20. The second kappa shape index (κ2) is 12.9. The summed E-state index contributed by atoms with van der Waals surface area (Å²) in [7, 11) is 1.70. The van der Waals surface area contributed by atoms with Crippen LogP contribution in [-0.2, 0) is 6.54 Å². The Morgan fingerprint density at radius 1 is 1.23 bits per heavy atom. The van der Waals surface area contributed by atoms with Crippen molar-refractivity contribution in [2.45, 2.75) is 38.6 Å². The molecule has 5 nitrogen and oxygen atoms in total. The molecule has 1 aromatic carbocycles. The number of benzene rings is 1. The Morgan fingerprint density at radius 3 is 2.62 bits per heavy atom. The van der Waals surface area contributed by atoms with Gasteiger partial charge in [-0.25, -0.2) is 4.39 Å². The summed E-state index contributed by atoms with van der Waals surface area (Å²) in [6, 6.07) is 6.40. The standard InChI is InChI=1S/C19H28FN5.HI/c1-22-19(23-9-6-12-25-10-4-2-3-5-11-25)24-15-17-13-16(14-21)7-8-18(17)20;/h7-8,13H,2-6,9-12,15H2,1H3,(H2,22,23,24);1H. The normalized spacial score (nSPS) is 15.5. The highest BCUT2D eigenvalue weighted by molar-refractivity contribution is 14.0. The van der Waals surface area contributed by atoms with Crippen LogP contribution in [0.3, 0.4) is 0 Å². The second-order valence-corrected chi connectivity index (χ2v) is 6.38. The molecule has 7 heteroatoms. The molecule has 0 bridgehead atoms. The van der Waals surface area contributed by atoms with Crippen LogP contribution in [0.15, 0.2) is 23.2 Å². The van der Waals surface area contributed by atoms with Crippen LogP contribution in [-0.4, -0.2) is 44.1 Å². The molecule has 0 atom stereocenters. The average molecular weight is 473 g/mol. The molecule has 1 aliphatic rings. The number of guanidine groups is 1. The van der Waals surface area contributed by atoms with E-state index in [2.05, 4.69) is 20.5 Å². The first-order valence-corrected chi connectivity index (χ1v) is 9.08. The van der Waals surface area contributed by atoms with Crippen LogP contribution in [0, 0.1) is 17.1 Å². The second-order valence-electron chi connectivity index (χ2n) is 6.38. The highest BCUT2D eigenvalue weighted by Gasteiger charge is 2.08. The number of nitriles is 1. The van der Waals surface area contributed by atoms with Gasteiger partial charge in [-0.15, -0.1) is 24.0 Å². The Hall–Kier alpha value is -1.40. The quantitative estimate of drug-likeness (QED) is 0.288. The van der Waals surface area contributed by atoms with E-state index in [0.29, 0.717) is 23.6 Å². The molecule has 1 fully saturated rings. The van der Waals surface area contributed by atoms with E-state index in [9.17, 15) is 4.39 Å². The van der Waals surface area contributed by atoms with Gasteiger partial charge in [0.2, 0.25) is 0 Å². The molecule has 0 aliphatic carbocycles. The lowest BCUT2D eigenvalue weighted by molar-refractivity contribution is 0.282. The molecule has 1 aromatic rings. The van der Waals surface area contributed by atoms with Crippen LogP contribution in [0.1, 0.15) is 43.2 Å². The zero-order valence-corrected chi connectivity index (χ0v) is 17.8. The number of likely N-dealkylation sites (tertiary alicyclic amines) is 1. The van der Waals surface area contributed by atoms with Crippen molar-refractivity contribution >= 4 is 29.9 Å². The van der Waals surface area contributed by atoms with Crippen molar-refractivity contribution in [3.8, 4) is 6.07 Å². The third kappa shape index (κ3) is 7.87. The predicted molar refractivity (Wildman–Crippen MR) is 114 cm³/mol. The maximum absolute atomic E-state index is 13.8. The molecule has 1 aliphatic heterocycles. The molecule has 0 amide bonds. The summed E-state index contributed by atoms with van der Waals surface area (Å²) in [4.78, 5) is 6.70. The van der Waals surface area contributed by atoms with Crippen molar-refractivity contribution in [1.29, 1.82) is 5.26 Å². The largest absolute Gasteiger partial charge is 0.356 e. The molecular formula is C19H29FIN5. The Bertz CT molecular complexity index is 606. The molecule has 0 saturated carbocycles. The van der Waals surface area contributed by atoms with Crippen molar-refractivity contribution in [3.63, 3.8) is 0 Å². The highest BCUT2D eigenvalue weighted by Crippen LogP contribution is 2.10. The van der Waals surface area contributed by atoms with E-state index >= 15 is 0 Å². The third-order valence-corrected chi connectivity index (χ3v) is 4.49. The molecular weight excluding hydrogens is 444 g/mol. The fourth-order valence-electron chi connectivity index (χ4n) is 3.05. The molecule has 0 aromatic heterocycles. The van der Waals surface area contributed by atoms with Gasteiger partial charge in [0.15, 0.2) is 5.96 Å². The summed E-state index contributed by atoms with van der Waals surface area (Å²) in [5.74, 6) is 0.334. The van der Waals surface area contributed by atoms with E-state index in [1.165, 1.54) is 50.9 Å². The minimum Gasteiger partial charge on any atom is -0.356 e. The minimum atomic E-state index is -0.317.